The topological polar surface area (TPSA) is 35.8 Å². The first kappa shape index (κ1) is 12.3. The molecule has 1 aliphatic carbocycles. The Morgan fingerprint density at radius 1 is 1.05 bits per heavy atom. The molecule has 1 N–H and O–H groups in total. The molecule has 2 aromatic rings. The third-order valence-corrected chi connectivity index (χ3v) is 3.97. The molecule has 0 unspecified atom stereocenters. The Bertz CT molecular complexity index is 671. The Hall–Kier alpha value is -1.79. The molecule has 0 aromatic heterocycles. The van der Waals surface area contributed by atoms with Crippen molar-refractivity contribution in [3.05, 3.63) is 57.6 Å². The van der Waals surface area contributed by atoms with E-state index in [2.05, 4.69) is 45.5 Å². The summed E-state index contributed by atoms with van der Waals surface area (Å²) >= 11 is 3.44. The lowest BCUT2D eigenvalue weighted by Crippen LogP contribution is -1.95. The summed E-state index contributed by atoms with van der Waals surface area (Å²) in [4.78, 5) is 0. The van der Waals surface area contributed by atoms with E-state index >= 15 is 0 Å². The van der Waals surface area contributed by atoms with Gasteiger partial charge in [0, 0.05) is 10.2 Å². The third kappa shape index (κ3) is 2.50. The van der Waals surface area contributed by atoms with E-state index in [1.807, 2.05) is 18.2 Å². The van der Waals surface area contributed by atoms with Gasteiger partial charge < -0.3 is 5.32 Å². The van der Waals surface area contributed by atoms with Crippen LogP contribution in [-0.2, 0) is 12.8 Å². The number of hydrogen-bond donors (Lipinski definition) is 1. The maximum atomic E-state index is 9.14. The lowest BCUT2D eigenvalue weighted by atomic mass is 10.1. The maximum absolute atomic E-state index is 9.14. The molecule has 94 valence electrons. The summed E-state index contributed by atoms with van der Waals surface area (Å²) in [6.07, 6.45) is 3.60. The number of fused-ring (bicyclic) bond motifs is 1. The molecule has 0 heterocycles. The summed E-state index contributed by atoms with van der Waals surface area (Å²) in [5.74, 6) is 0. The summed E-state index contributed by atoms with van der Waals surface area (Å²) < 4.78 is 0.968. The average Bonchev–Trinajstić information content (AvgIpc) is 2.86. The highest BCUT2D eigenvalue weighted by Gasteiger charge is 2.11. The van der Waals surface area contributed by atoms with E-state index in [4.69, 9.17) is 5.26 Å². The molecule has 3 heteroatoms. The van der Waals surface area contributed by atoms with Crippen LogP contribution in [0.2, 0.25) is 0 Å². The van der Waals surface area contributed by atoms with Gasteiger partial charge in [0.25, 0.3) is 0 Å². The van der Waals surface area contributed by atoms with E-state index in [1.165, 1.54) is 24.0 Å². The van der Waals surface area contributed by atoms with Gasteiger partial charge in [-0.2, -0.15) is 5.26 Å². The number of rotatable bonds is 2. The third-order valence-electron chi connectivity index (χ3n) is 3.48. The summed E-state index contributed by atoms with van der Waals surface area (Å²) in [5.41, 5.74) is 5.44. The second-order valence-electron chi connectivity index (χ2n) is 4.76. The predicted molar refractivity (Wildman–Crippen MR) is 80.6 cm³/mol. The molecule has 0 bridgehead atoms. The Kier molecular flexibility index (Phi) is 3.27. The van der Waals surface area contributed by atoms with Crippen LogP contribution < -0.4 is 5.32 Å². The zero-order chi connectivity index (χ0) is 13.2. The molecule has 0 saturated carbocycles. The van der Waals surface area contributed by atoms with Gasteiger partial charge in [-0.25, -0.2) is 0 Å². The fourth-order valence-corrected chi connectivity index (χ4v) is 2.88. The van der Waals surface area contributed by atoms with Crippen LogP contribution in [0.5, 0.6) is 0 Å². The fourth-order valence-electron chi connectivity index (χ4n) is 2.52. The molecule has 2 aromatic carbocycles. The summed E-state index contributed by atoms with van der Waals surface area (Å²) in [7, 11) is 0. The molecule has 0 radical (unpaired) electrons. The van der Waals surface area contributed by atoms with Gasteiger partial charge in [0.05, 0.1) is 11.3 Å². The highest BCUT2D eigenvalue weighted by atomic mass is 79.9. The van der Waals surface area contributed by atoms with Crippen molar-refractivity contribution in [1.82, 2.24) is 0 Å². The summed E-state index contributed by atoms with van der Waals surface area (Å²) in [6.45, 7) is 0. The van der Waals surface area contributed by atoms with Crippen LogP contribution in [0.1, 0.15) is 23.1 Å². The molecule has 0 aliphatic heterocycles. The number of benzene rings is 2. The number of aryl methyl sites for hydroxylation is 2. The van der Waals surface area contributed by atoms with Crippen LogP contribution in [0, 0.1) is 11.3 Å². The number of nitrogens with one attached hydrogen (secondary N) is 1. The van der Waals surface area contributed by atoms with Gasteiger partial charge in [0.15, 0.2) is 0 Å². The van der Waals surface area contributed by atoms with Crippen molar-refractivity contribution >= 4 is 27.3 Å². The number of nitriles is 1. The maximum Gasteiger partial charge on any atom is 0.101 e. The lowest BCUT2D eigenvalue weighted by Gasteiger charge is -2.10. The first-order valence-corrected chi connectivity index (χ1v) is 7.14. The second-order valence-corrected chi connectivity index (χ2v) is 5.68. The van der Waals surface area contributed by atoms with Crippen LogP contribution in [0.15, 0.2) is 40.9 Å². The minimum Gasteiger partial charge on any atom is -0.354 e. The Morgan fingerprint density at radius 2 is 1.89 bits per heavy atom. The van der Waals surface area contributed by atoms with Crippen molar-refractivity contribution in [2.24, 2.45) is 0 Å². The standard InChI is InChI=1S/C16H13BrN2/c17-14-6-4-13(10-18)16(9-14)19-15-7-5-11-2-1-3-12(11)8-15/h4-9,19H,1-3H2. The largest absolute Gasteiger partial charge is 0.354 e. The van der Waals surface area contributed by atoms with E-state index in [9.17, 15) is 0 Å². The molecule has 0 saturated heterocycles. The van der Waals surface area contributed by atoms with E-state index in [-0.39, 0.29) is 0 Å². The zero-order valence-corrected chi connectivity index (χ0v) is 12.0. The van der Waals surface area contributed by atoms with Crippen LogP contribution in [0.3, 0.4) is 0 Å². The molecule has 0 spiro atoms. The van der Waals surface area contributed by atoms with Crippen molar-refractivity contribution in [3.8, 4) is 6.07 Å². The normalized spacial score (nSPS) is 12.8. The second kappa shape index (κ2) is 5.07. The number of hydrogen-bond acceptors (Lipinski definition) is 2. The zero-order valence-electron chi connectivity index (χ0n) is 10.4. The van der Waals surface area contributed by atoms with E-state index in [0.717, 1.165) is 22.3 Å². The Labute approximate surface area is 121 Å². The van der Waals surface area contributed by atoms with Gasteiger partial charge in [-0.3, -0.25) is 0 Å². The number of nitrogens with zero attached hydrogens (tertiary/aromatic N) is 1. The molecular formula is C16H13BrN2. The van der Waals surface area contributed by atoms with Gasteiger partial charge in [-0.1, -0.05) is 22.0 Å². The Morgan fingerprint density at radius 3 is 2.74 bits per heavy atom. The summed E-state index contributed by atoms with van der Waals surface area (Å²) in [6, 6.07) is 14.3. The quantitative estimate of drug-likeness (QED) is 0.882. The number of anilines is 2. The molecule has 3 rings (SSSR count). The average molecular weight is 313 g/mol. The number of halogens is 1. The van der Waals surface area contributed by atoms with E-state index < -0.39 is 0 Å². The first-order chi connectivity index (χ1) is 9.26. The van der Waals surface area contributed by atoms with Crippen molar-refractivity contribution in [1.29, 1.82) is 5.26 Å². The van der Waals surface area contributed by atoms with Gasteiger partial charge in [-0.05, 0) is 60.7 Å². The minimum atomic E-state index is 0.656. The van der Waals surface area contributed by atoms with Gasteiger partial charge >= 0.3 is 0 Å². The van der Waals surface area contributed by atoms with Crippen LogP contribution >= 0.6 is 15.9 Å². The smallest absolute Gasteiger partial charge is 0.101 e. The first-order valence-electron chi connectivity index (χ1n) is 6.35. The lowest BCUT2D eigenvalue weighted by molar-refractivity contribution is 0.912. The molecular weight excluding hydrogens is 300 g/mol. The van der Waals surface area contributed by atoms with Crippen molar-refractivity contribution < 1.29 is 0 Å². The van der Waals surface area contributed by atoms with Gasteiger partial charge in [-0.15, -0.1) is 0 Å². The SMILES string of the molecule is N#Cc1ccc(Br)cc1Nc1ccc2c(c1)CCC2. The van der Waals surface area contributed by atoms with Gasteiger partial charge in [0.2, 0.25) is 0 Å². The minimum absolute atomic E-state index is 0.656. The van der Waals surface area contributed by atoms with Crippen LogP contribution in [0.4, 0.5) is 11.4 Å². The Balaban J connectivity index is 1.93. The molecule has 2 nitrogen and oxygen atoms in total. The van der Waals surface area contributed by atoms with E-state index in [1.54, 1.807) is 0 Å². The fraction of sp³-hybridized carbons (Fsp3) is 0.188. The van der Waals surface area contributed by atoms with Crippen molar-refractivity contribution in [2.75, 3.05) is 5.32 Å². The van der Waals surface area contributed by atoms with Gasteiger partial charge in [0.1, 0.15) is 6.07 Å². The highest BCUT2D eigenvalue weighted by Crippen LogP contribution is 2.28. The van der Waals surface area contributed by atoms with Crippen LogP contribution in [0.25, 0.3) is 0 Å². The molecule has 0 atom stereocenters. The predicted octanol–water partition coefficient (Wildman–Crippen LogP) is 4.55. The van der Waals surface area contributed by atoms with Crippen LogP contribution in [-0.4, -0.2) is 0 Å². The monoisotopic (exact) mass is 312 g/mol. The van der Waals surface area contributed by atoms with E-state index in [0.29, 0.717) is 5.56 Å². The molecule has 19 heavy (non-hydrogen) atoms. The molecule has 0 amide bonds. The summed E-state index contributed by atoms with van der Waals surface area (Å²) in [5, 5.41) is 12.5. The molecule has 0 fully saturated rings. The van der Waals surface area contributed by atoms with Crippen molar-refractivity contribution in [2.45, 2.75) is 19.3 Å². The van der Waals surface area contributed by atoms with Crippen molar-refractivity contribution in [3.63, 3.8) is 0 Å². The highest BCUT2D eigenvalue weighted by molar-refractivity contribution is 9.10. The molecule has 1 aliphatic rings.